The molecule has 4 nitrogen and oxygen atoms in total. The van der Waals surface area contributed by atoms with E-state index in [-0.39, 0.29) is 11.9 Å². The Morgan fingerprint density at radius 1 is 1.12 bits per heavy atom. The Hall–Kier alpha value is -2.01. The number of amides is 1. The molecule has 0 N–H and O–H groups in total. The monoisotopic (exact) mass is 389 g/mol. The van der Waals surface area contributed by atoms with Crippen LogP contribution in [0.25, 0.3) is 0 Å². The van der Waals surface area contributed by atoms with Crippen molar-refractivity contribution in [2.75, 3.05) is 20.8 Å². The Kier molecular flexibility index (Phi) is 5.09. The van der Waals surface area contributed by atoms with E-state index in [4.69, 9.17) is 9.47 Å². The number of ether oxygens (including phenoxy) is 2. The van der Waals surface area contributed by atoms with Gasteiger partial charge in [-0.25, -0.2) is 0 Å². The zero-order valence-electron chi connectivity index (χ0n) is 13.8. The first kappa shape index (κ1) is 16.8. The average molecular weight is 390 g/mol. The number of likely N-dealkylation sites (tertiary alicyclic amines) is 1. The Morgan fingerprint density at radius 2 is 1.88 bits per heavy atom. The van der Waals surface area contributed by atoms with Crippen LogP contribution in [0.3, 0.4) is 0 Å². The number of carbonyl (C=O) groups is 1. The van der Waals surface area contributed by atoms with Crippen LogP contribution in [0, 0.1) is 0 Å². The standard InChI is InChI=1S/C19H20BrNO3/c1-23-15-9-10-18(24-2)16(12-15)17-4-3-11-21(17)19(22)13-5-7-14(20)8-6-13/h5-10,12,17H,3-4,11H2,1-2H3/t17-/m0/s1. The zero-order chi connectivity index (χ0) is 17.1. The fourth-order valence-electron chi connectivity index (χ4n) is 3.19. The van der Waals surface area contributed by atoms with Crippen LogP contribution in [-0.2, 0) is 0 Å². The van der Waals surface area contributed by atoms with Crippen LogP contribution < -0.4 is 9.47 Å². The summed E-state index contributed by atoms with van der Waals surface area (Å²) in [6.45, 7) is 0.750. The van der Waals surface area contributed by atoms with Crippen molar-refractivity contribution in [1.82, 2.24) is 4.90 Å². The van der Waals surface area contributed by atoms with Gasteiger partial charge in [-0.15, -0.1) is 0 Å². The molecule has 1 atom stereocenters. The molecule has 0 bridgehead atoms. The number of hydrogen-bond acceptors (Lipinski definition) is 3. The summed E-state index contributed by atoms with van der Waals surface area (Å²) in [6, 6.07) is 13.2. The summed E-state index contributed by atoms with van der Waals surface area (Å²) < 4.78 is 11.8. The highest BCUT2D eigenvalue weighted by molar-refractivity contribution is 9.10. The first-order valence-corrected chi connectivity index (χ1v) is 8.72. The second-order valence-electron chi connectivity index (χ2n) is 5.77. The van der Waals surface area contributed by atoms with Crippen LogP contribution in [0.5, 0.6) is 11.5 Å². The molecule has 1 fully saturated rings. The predicted molar refractivity (Wildman–Crippen MR) is 96.7 cm³/mol. The number of rotatable bonds is 4. The lowest BCUT2D eigenvalue weighted by atomic mass is 10.0. The van der Waals surface area contributed by atoms with Gasteiger partial charge in [-0.05, 0) is 55.3 Å². The molecule has 1 aliphatic rings. The van der Waals surface area contributed by atoms with Gasteiger partial charge >= 0.3 is 0 Å². The number of halogens is 1. The third kappa shape index (κ3) is 3.26. The van der Waals surface area contributed by atoms with Crippen molar-refractivity contribution >= 4 is 21.8 Å². The van der Waals surface area contributed by atoms with Crippen molar-refractivity contribution in [3.05, 3.63) is 58.1 Å². The van der Waals surface area contributed by atoms with E-state index < -0.39 is 0 Å². The molecule has 0 aliphatic carbocycles. The topological polar surface area (TPSA) is 38.8 Å². The Labute approximate surface area is 150 Å². The largest absolute Gasteiger partial charge is 0.497 e. The van der Waals surface area contributed by atoms with Crippen LogP contribution in [0.2, 0.25) is 0 Å². The summed E-state index contributed by atoms with van der Waals surface area (Å²) in [5.41, 5.74) is 1.70. The first-order valence-electron chi connectivity index (χ1n) is 7.92. The van der Waals surface area contributed by atoms with Gasteiger partial charge in [0, 0.05) is 22.1 Å². The van der Waals surface area contributed by atoms with Gasteiger partial charge in [-0.3, -0.25) is 4.79 Å². The summed E-state index contributed by atoms with van der Waals surface area (Å²) in [5, 5.41) is 0. The van der Waals surface area contributed by atoms with E-state index in [1.54, 1.807) is 14.2 Å². The lowest BCUT2D eigenvalue weighted by molar-refractivity contribution is 0.0734. The third-order valence-corrected chi connectivity index (χ3v) is 4.93. The van der Waals surface area contributed by atoms with Gasteiger partial charge in [0.05, 0.1) is 20.3 Å². The molecular formula is C19H20BrNO3. The molecule has 2 aromatic rings. The van der Waals surface area contributed by atoms with Gasteiger partial charge in [0.2, 0.25) is 0 Å². The molecule has 3 rings (SSSR count). The van der Waals surface area contributed by atoms with E-state index in [1.807, 2.05) is 47.4 Å². The van der Waals surface area contributed by atoms with Crippen molar-refractivity contribution in [3.63, 3.8) is 0 Å². The minimum atomic E-state index is 0.00574. The van der Waals surface area contributed by atoms with Gasteiger partial charge in [-0.1, -0.05) is 15.9 Å². The number of hydrogen-bond donors (Lipinski definition) is 0. The maximum absolute atomic E-state index is 12.9. The van der Waals surface area contributed by atoms with Gasteiger partial charge in [-0.2, -0.15) is 0 Å². The number of nitrogens with zero attached hydrogens (tertiary/aromatic N) is 1. The second kappa shape index (κ2) is 7.26. The molecule has 1 saturated heterocycles. The maximum Gasteiger partial charge on any atom is 0.254 e. The summed E-state index contributed by atoms with van der Waals surface area (Å²) in [5.74, 6) is 1.61. The normalized spacial score (nSPS) is 17.0. The van der Waals surface area contributed by atoms with Gasteiger partial charge in [0.1, 0.15) is 11.5 Å². The number of methoxy groups -OCH3 is 2. The van der Waals surface area contributed by atoms with Crippen LogP contribution in [0.4, 0.5) is 0 Å². The molecule has 24 heavy (non-hydrogen) atoms. The van der Waals surface area contributed by atoms with E-state index >= 15 is 0 Å². The Bertz CT molecular complexity index is 730. The molecule has 0 spiro atoms. The van der Waals surface area contributed by atoms with Crippen molar-refractivity contribution in [2.24, 2.45) is 0 Å². The fourth-order valence-corrected chi connectivity index (χ4v) is 3.46. The molecule has 2 aromatic carbocycles. The van der Waals surface area contributed by atoms with Crippen molar-refractivity contribution < 1.29 is 14.3 Å². The molecule has 126 valence electrons. The van der Waals surface area contributed by atoms with E-state index in [1.165, 1.54) is 0 Å². The summed E-state index contributed by atoms with van der Waals surface area (Å²) in [6.07, 6.45) is 1.90. The number of benzene rings is 2. The highest BCUT2D eigenvalue weighted by Crippen LogP contribution is 2.39. The summed E-state index contributed by atoms with van der Waals surface area (Å²) in [7, 11) is 3.30. The fraction of sp³-hybridized carbons (Fsp3) is 0.316. The summed E-state index contributed by atoms with van der Waals surface area (Å²) in [4.78, 5) is 14.9. The van der Waals surface area contributed by atoms with Gasteiger partial charge in [0.15, 0.2) is 0 Å². The SMILES string of the molecule is COc1ccc(OC)c([C@@H]2CCCN2C(=O)c2ccc(Br)cc2)c1. The van der Waals surface area contributed by atoms with Crippen molar-refractivity contribution in [3.8, 4) is 11.5 Å². The van der Waals surface area contributed by atoms with E-state index in [0.717, 1.165) is 40.9 Å². The van der Waals surface area contributed by atoms with Crippen LogP contribution in [-0.4, -0.2) is 31.6 Å². The zero-order valence-corrected chi connectivity index (χ0v) is 15.4. The lowest BCUT2D eigenvalue weighted by Gasteiger charge is -2.27. The quantitative estimate of drug-likeness (QED) is 0.775. The smallest absolute Gasteiger partial charge is 0.254 e. The number of carbonyl (C=O) groups excluding carboxylic acids is 1. The molecule has 5 heteroatoms. The van der Waals surface area contributed by atoms with E-state index in [0.29, 0.717) is 5.56 Å². The minimum absolute atomic E-state index is 0.00574. The molecule has 0 radical (unpaired) electrons. The van der Waals surface area contributed by atoms with Gasteiger partial charge < -0.3 is 14.4 Å². The molecular weight excluding hydrogens is 370 g/mol. The van der Waals surface area contributed by atoms with Crippen LogP contribution >= 0.6 is 15.9 Å². The average Bonchev–Trinajstić information content (AvgIpc) is 3.10. The Morgan fingerprint density at radius 3 is 2.54 bits per heavy atom. The molecule has 0 saturated carbocycles. The van der Waals surface area contributed by atoms with Crippen molar-refractivity contribution in [2.45, 2.75) is 18.9 Å². The minimum Gasteiger partial charge on any atom is -0.497 e. The highest BCUT2D eigenvalue weighted by Gasteiger charge is 2.32. The second-order valence-corrected chi connectivity index (χ2v) is 6.69. The van der Waals surface area contributed by atoms with E-state index in [9.17, 15) is 4.79 Å². The van der Waals surface area contributed by atoms with Crippen molar-refractivity contribution in [1.29, 1.82) is 0 Å². The Balaban J connectivity index is 1.93. The van der Waals surface area contributed by atoms with E-state index in [2.05, 4.69) is 15.9 Å². The maximum atomic E-state index is 12.9. The molecule has 0 unspecified atom stereocenters. The molecule has 1 amide bonds. The predicted octanol–water partition coefficient (Wildman–Crippen LogP) is 4.44. The third-order valence-electron chi connectivity index (χ3n) is 4.40. The van der Waals surface area contributed by atoms with Crippen LogP contribution in [0.15, 0.2) is 46.9 Å². The molecule has 1 heterocycles. The van der Waals surface area contributed by atoms with Gasteiger partial charge in [0.25, 0.3) is 5.91 Å². The summed E-state index contributed by atoms with van der Waals surface area (Å²) >= 11 is 3.41. The molecule has 0 aromatic heterocycles. The first-order chi connectivity index (χ1) is 11.6. The highest BCUT2D eigenvalue weighted by atomic mass is 79.9. The lowest BCUT2D eigenvalue weighted by Crippen LogP contribution is -2.30. The molecule has 1 aliphatic heterocycles. The van der Waals surface area contributed by atoms with Crippen LogP contribution in [0.1, 0.15) is 34.8 Å².